The Labute approximate surface area is 171 Å². The summed E-state index contributed by atoms with van der Waals surface area (Å²) in [6, 6.07) is 7.29. The molecule has 0 saturated carbocycles. The molecule has 0 N–H and O–H groups in total. The molecule has 0 unspecified atom stereocenters. The van der Waals surface area contributed by atoms with Crippen molar-refractivity contribution in [2.75, 3.05) is 31.1 Å². The van der Waals surface area contributed by atoms with Gasteiger partial charge in [-0.1, -0.05) is 0 Å². The number of aromatic nitrogens is 4. The van der Waals surface area contributed by atoms with E-state index in [0.29, 0.717) is 54.7 Å². The van der Waals surface area contributed by atoms with Gasteiger partial charge in [0.05, 0.1) is 12.0 Å². The van der Waals surface area contributed by atoms with Crippen LogP contribution in [-0.2, 0) is 0 Å². The Morgan fingerprint density at radius 2 is 2.07 bits per heavy atom. The van der Waals surface area contributed by atoms with Crippen LogP contribution in [0.5, 0.6) is 0 Å². The molecule has 5 rings (SSSR count). The first-order valence-electron chi connectivity index (χ1n) is 9.44. The molecule has 30 heavy (non-hydrogen) atoms. The van der Waals surface area contributed by atoms with E-state index in [2.05, 4.69) is 21.1 Å². The fraction of sp³-hybridized carbons (Fsp3) is 0.250. The summed E-state index contributed by atoms with van der Waals surface area (Å²) in [5.74, 6) is 1.01. The Morgan fingerprint density at radius 3 is 2.80 bits per heavy atom. The van der Waals surface area contributed by atoms with Crippen molar-refractivity contribution in [3.05, 3.63) is 53.8 Å². The summed E-state index contributed by atoms with van der Waals surface area (Å²) in [6.07, 6.45) is 4.94. The molecular weight excluding hydrogens is 386 g/mol. The van der Waals surface area contributed by atoms with E-state index in [1.807, 2.05) is 11.8 Å². The number of aryl methyl sites for hydroxylation is 1. The molecule has 0 bridgehead atoms. The fourth-order valence-electron chi connectivity index (χ4n) is 3.62. The number of fused-ring (bicyclic) bond motifs is 1. The molecule has 1 saturated heterocycles. The summed E-state index contributed by atoms with van der Waals surface area (Å²) >= 11 is 0. The van der Waals surface area contributed by atoms with Gasteiger partial charge in [-0.25, -0.2) is 9.50 Å². The first-order chi connectivity index (χ1) is 14.7. The summed E-state index contributed by atoms with van der Waals surface area (Å²) < 4.78 is 12.7. The lowest BCUT2D eigenvalue weighted by atomic mass is 10.2. The van der Waals surface area contributed by atoms with Gasteiger partial charge in [-0.15, -0.1) is 0 Å². The molecule has 5 heterocycles. The molecule has 1 aliphatic heterocycles. The molecule has 1 aliphatic rings. The number of nitrogens with zero attached hydrogens (tertiary/aromatic N) is 7. The van der Waals surface area contributed by atoms with Crippen molar-refractivity contribution in [1.82, 2.24) is 24.5 Å². The van der Waals surface area contributed by atoms with Crippen LogP contribution in [0.1, 0.15) is 21.7 Å². The lowest BCUT2D eigenvalue weighted by molar-refractivity contribution is 0.0746. The SMILES string of the molecule is Cc1nn2cccnc2c1C(=O)N1CCN(c2oc(-c3ccco3)nc2C#N)CC1. The number of nitriles is 1. The Kier molecular flexibility index (Phi) is 4.21. The third-order valence-corrected chi connectivity index (χ3v) is 5.09. The van der Waals surface area contributed by atoms with Crippen LogP contribution in [0.2, 0.25) is 0 Å². The predicted molar refractivity (Wildman–Crippen MR) is 105 cm³/mol. The molecule has 150 valence electrons. The van der Waals surface area contributed by atoms with Crippen molar-refractivity contribution < 1.29 is 13.6 Å². The first-order valence-corrected chi connectivity index (χ1v) is 9.44. The molecule has 10 nitrogen and oxygen atoms in total. The molecular formula is C20H17N7O3. The Hall–Kier alpha value is -4.13. The number of amides is 1. The number of furan rings is 1. The number of piperazine rings is 1. The Balaban J connectivity index is 1.35. The van der Waals surface area contributed by atoms with Gasteiger partial charge in [0, 0.05) is 38.6 Å². The van der Waals surface area contributed by atoms with Crippen LogP contribution in [0.25, 0.3) is 17.3 Å². The number of hydrogen-bond acceptors (Lipinski definition) is 8. The Bertz CT molecular complexity index is 1260. The maximum absolute atomic E-state index is 13.1. The Morgan fingerprint density at radius 1 is 1.23 bits per heavy atom. The molecule has 0 atom stereocenters. The molecule has 4 aromatic heterocycles. The average Bonchev–Trinajstić information content (AvgIpc) is 3.50. The summed E-state index contributed by atoms with van der Waals surface area (Å²) in [6.45, 7) is 3.79. The number of carbonyl (C=O) groups excluding carboxylic acids is 1. The standard InChI is InChI=1S/C20H17N7O3/c1-13-16(17-22-5-3-6-27(17)24-13)19(28)25-7-9-26(10-8-25)20-14(12-21)23-18(30-20)15-4-2-11-29-15/h2-6,11H,7-10H2,1H3. The first kappa shape index (κ1) is 17.9. The third kappa shape index (κ3) is 2.88. The minimum absolute atomic E-state index is 0.102. The van der Waals surface area contributed by atoms with Crippen LogP contribution in [0.15, 0.2) is 45.7 Å². The van der Waals surface area contributed by atoms with E-state index in [1.165, 1.54) is 6.26 Å². The van der Waals surface area contributed by atoms with Crippen molar-refractivity contribution in [2.45, 2.75) is 6.92 Å². The predicted octanol–water partition coefficient (Wildman–Crippen LogP) is 2.12. The lowest BCUT2D eigenvalue weighted by Crippen LogP contribution is -2.49. The van der Waals surface area contributed by atoms with E-state index < -0.39 is 0 Å². The van der Waals surface area contributed by atoms with Crippen LogP contribution in [0.4, 0.5) is 5.88 Å². The zero-order chi connectivity index (χ0) is 20.7. The van der Waals surface area contributed by atoms with Crippen molar-refractivity contribution in [2.24, 2.45) is 0 Å². The highest BCUT2D eigenvalue weighted by atomic mass is 16.4. The number of oxazole rings is 1. The van der Waals surface area contributed by atoms with E-state index in [9.17, 15) is 10.1 Å². The second kappa shape index (κ2) is 7.04. The molecule has 1 fully saturated rings. The van der Waals surface area contributed by atoms with Crippen LogP contribution in [0.3, 0.4) is 0 Å². The van der Waals surface area contributed by atoms with Gasteiger partial charge in [-0.05, 0) is 25.1 Å². The zero-order valence-corrected chi connectivity index (χ0v) is 16.1. The fourth-order valence-corrected chi connectivity index (χ4v) is 3.62. The van der Waals surface area contributed by atoms with Gasteiger partial charge in [-0.2, -0.15) is 15.3 Å². The minimum Gasteiger partial charge on any atom is -0.459 e. The maximum atomic E-state index is 13.1. The van der Waals surface area contributed by atoms with Crippen LogP contribution >= 0.6 is 0 Å². The van der Waals surface area contributed by atoms with E-state index in [0.717, 1.165) is 0 Å². The number of anilines is 1. The quantitative estimate of drug-likeness (QED) is 0.511. The smallest absolute Gasteiger partial charge is 0.266 e. The van der Waals surface area contributed by atoms with Gasteiger partial charge < -0.3 is 18.6 Å². The number of carbonyl (C=O) groups is 1. The number of rotatable bonds is 3. The minimum atomic E-state index is -0.102. The van der Waals surface area contributed by atoms with E-state index in [-0.39, 0.29) is 17.5 Å². The van der Waals surface area contributed by atoms with Crippen molar-refractivity contribution in [1.29, 1.82) is 5.26 Å². The topological polar surface area (TPSA) is 117 Å². The van der Waals surface area contributed by atoms with Crippen LogP contribution in [-0.4, -0.2) is 56.6 Å². The lowest BCUT2D eigenvalue weighted by Gasteiger charge is -2.34. The number of hydrogen-bond donors (Lipinski definition) is 0. The average molecular weight is 403 g/mol. The monoisotopic (exact) mass is 403 g/mol. The van der Waals surface area contributed by atoms with Gasteiger partial charge in [0.15, 0.2) is 11.4 Å². The van der Waals surface area contributed by atoms with Crippen molar-refractivity contribution in [3.8, 4) is 17.7 Å². The summed E-state index contributed by atoms with van der Waals surface area (Å²) in [5.41, 5.74) is 1.91. The molecule has 1 amide bonds. The summed E-state index contributed by atoms with van der Waals surface area (Å²) in [4.78, 5) is 25.4. The van der Waals surface area contributed by atoms with Gasteiger partial charge in [0.2, 0.25) is 11.6 Å². The van der Waals surface area contributed by atoms with Gasteiger partial charge in [0.1, 0.15) is 11.6 Å². The van der Waals surface area contributed by atoms with Crippen LogP contribution < -0.4 is 4.90 Å². The van der Waals surface area contributed by atoms with Crippen molar-refractivity contribution in [3.63, 3.8) is 0 Å². The van der Waals surface area contributed by atoms with Gasteiger partial charge >= 0.3 is 0 Å². The second-order valence-corrected chi connectivity index (χ2v) is 6.89. The van der Waals surface area contributed by atoms with Gasteiger partial charge in [-0.3, -0.25) is 4.79 Å². The molecule has 4 aromatic rings. The highest BCUT2D eigenvalue weighted by Crippen LogP contribution is 2.29. The van der Waals surface area contributed by atoms with E-state index in [4.69, 9.17) is 8.83 Å². The molecule has 0 radical (unpaired) electrons. The normalized spacial score (nSPS) is 14.3. The zero-order valence-electron chi connectivity index (χ0n) is 16.1. The summed E-state index contributed by atoms with van der Waals surface area (Å²) in [5, 5.41) is 13.8. The molecule has 0 aromatic carbocycles. The highest BCUT2D eigenvalue weighted by Gasteiger charge is 2.29. The highest BCUT2D eigenvalue weighted by molar-refractivity contribution is 6.01. The molecule has 10 heteroatoms. The van der Waals surface area contributed by atoms with Crippen molar-refractivity contribution >= 4 is 17.4 Å². The third-order valence-electron chi connectivity index (χ3n) is 5.09. The largest absolute Gasteiger partial charge is 0.459 e. The van der Waals surface area contributed by atoms with Crippen LogP contribution in [0, 0.1) is 18.3 Å². The molecule has 0 aliphatic carbocycles. The maximum Gasteiger partial charge on any atom is 0.266 e. The van der Waals surface area contributed by atoms with Gasteiger partial charge in [0.25, 0.3) is 11.8 Å². The molecule has 0 spiro atoms. The second-order valence-electron chi connectivity index (χ2n) is 6.89. The van der Waals surface area contributed by atoms with E-state index >= 15 is 0 Å². The van der Waals surface area contributed by atoms with E-state index in [1.54, 1.807) is 40.0 Å². The summed E-state index contributed by atoms with van der Waals surface area (Å²) in [7, 11) is 0.